The second-order valence-electron chi connectivity index (χ2n) is 4.64. The quantitative estimate of drug-likeness (QED) is 0.798. The van der Waals surface area contributed by atoms with Gasteiger partial charge in [0, 0.05) is 31.2 Å². The number of aliphatic hydroxyl groups excluding tert-OH is 1. The Bertz CT molecular complexity index is 400. The number of aromatic nitrogens is 1. The van der Waals surface area contributed by atoms with E-state index in [9.17, 15) is 5.11 Å². The van der Waals surface area contributed by atoms with Crippen molar-refractivity contribution < 1.29 is 5.11 Å². The van der Waals surface area contributed by atoms with Gasteiger partial charge in [-0.05, 0) is 30.0 Å². The molecule has 0 saturated heterocycles. The molecular weight excluding hydrogens is 224 g/mol. The molecule has 1 aliphatic carbocycles. The van der Waals surface area contributed by atoms with Crippen molar-refractivity contribution in [2.75, 3.05) is 6.54 Å². The molecule has 0 bridgehead atoms. The van der Waals surface area contributed by atoms with Gasteiger partial charge in [-0.15, -0.1) is 0 Å². The summed E-state index contributed by atoms with van der Waals surface area (Å²) in [6.45, 7) is 2.07. The number of rotatable bonds is 2. The van der Waals surface area contributed by atoms with E-state index in [-0.39, 0.29) is 6.61 Å². The number of nitrogens with zero attached hydrogens (tertiary/aromatic N) is 2. The Morgan fingerprint density at radius 2 is 2.31 bits per heavy atom. The molecule has 2 aliphatic rings. The van der Waals surface area contributed by atoms with Crippen LogP contribution in [0.25, 0.3) is 0 Å². The van der Waals surface area contributed by atoms with E-state index in [1.54, 1.807) is 6.07 Å². The first kappa shape index (κ1) is 10.5. The molecule has 0 spiro atoms. The molecule has 1 aromatic heterocycles. The Labute approximate surface area is 100 Å². The lowest BCUT2D eigenvalue weighted by molar-refractivity contribution is 0.233. The summed E-state index contributed by atoms with van der Waals surface area (Å²) >= 11 is 5.94. The van der Waals surface area contributed by atoms with Gasteiger partial charge >= 0.3 is 0 Å². The summed E-state index contributed by atoms with van der Waals surface area (Å²) in [6, 6.07) is 2.56. The fraction of sp³-hybridized carbons (Fsp3) is 0.583. The zero-order chi connectivity index (χ0) is 11.1. The zero-order valence-corrected chi connectivity index (χ0v) is 9.87. The lowest BCUT2D eigenvalue weighted by Gasteiger charge is -2.29. The summed E-state index contributed by atoms with van der Waals surface area (Å²) < 4.78 is 0. The van der Waals surface area contributed by atoms with Crippen molar-refractivity contribution in [3.8, 4) is 0 Å². The van der Waals surface area contributed by atoms with E-state index in [0.29, 0.717) is 5.15 Å². The second kappa shape index (κ2) is 3.99. The molecule has 0 amide bonds. The van der Waals surface area contributed by atoms with Crippen LogP contribution in [0.1, 0.15) is 29.7 Å². The van der Waals surface area contributed by atoms with Gasteiger partial charge in [-0.3, -0.25) is 4.90 Å². The standard InChI is InChI=1S/C12H15ClN2O/c13-12-5-8(7-16)10-6-15(9-1-2-9)4-3-11(10)14-12/h5,9,16H,1-4,6-7H2. The lowest BCUT2D eigenvalue weighted by atomic mass is 10.0. The third kappa shape index (κ3) is 1.83. The van der Waals surface area contributed by atoms with Crippen LogP contribution in [0, 0.1) is 0 Å². The summed E-state index contributed by atoms with van der Waals surface area (Å²) in [4.78, 5) is 6.86. The van der Waals surface area contributed by atoms with Crippen molar-refractivity contribution in [2.24, 2.45) is 0 Å². The van der Waals surface area contributed by atoms with Crippen LogP contribution >= 0.6 is 11.6 Å². The van der Waals surface area contributed by atoms with Gasteiger partial charge in [-0.1, -0.05) is 11.6 Å². The zero-order valence-electron chi connectivity index (χ0n) is 9.12. The number of pyridine rings is 1. The van der Waals surface area contributed by atoms with Crippen molar-refractivity contribution in [1.82, 2.24) is 9.88 Å². The molecule has 16 heavy (non-hydrogen) atoms. The van der Waals surface area contributed by atoms with E-state index in [2.05, 4.69) is 9.88 Å². The fourth-order valence-electron chi connectivity index (χ4n) is 2.47. The molecule has 1 saturated carbocycles. The van der Waals surface area contributed by atoms with E-state index in [0.717, 1.165) is 36.8 Å². The van der Waals surface area contributed by atoms with Crippen molar-refractivity contribution in [1.29, 1.82) is 0 Å². The summed E-state index contributed by atoms with van der Waals surface area (Å²) in [5.74, 6) is 0. The van der Waals surface area contributed by atoms with Gasteiger partial charge < -0.3 is 5.11 Å². The van der Waals surface area contributed by atoms with Crippen LogP contribution in [0.3, 0.4) is 0 Å². The molecule has 0 atom stereocenters. The molecule has 0 unspecified atom stereocenters. The van der Waals surface area contributed by atoms with Crippen molar-refractivity contribution in [3.05, 3.63) is 28.0 Å². The first-order chi connectivity index (χ1) is 7.78. The summed E-state index contributed by atoms with van der Waals surface area (Å²) in [5.41, 5.74) is 3.22. The van der Waals surface area contributed by atoms with Crippen molar-refractivity contribution in [2.45, 2.75) is 38.5 Å². The molecule has 1 fully saturated rings. The SMILES string of the molecule is OCc1cc(Cl)nc2c1CN(C1CC1)CC2. The molecule has 1 aromatic rings. The highest BCUT2D eigenvalue weighted by molar-refractivity contribution is 6.29. The molecule has 0 radical (unpaired) electrons. The molecule has 0 aromatic carbocycles. The monoisotopic (exact) mass is 238 g/mol. The number of fused-ring (bicyclic) bond motifs is 1. The molecule has 3 nitrogen and oxygen atoms in total. The Hall–Kier alpha value is -0.640. The average Bonchev–Trinajstić information content (AvgIpc) is 3.11. The van der Waals surface area contributed by atoms with E-state index < -0.39 is 0 Å². The third-order valence-electron chi connectivity index (χ3n) is 3.50. The van der Waals surface area contributed by atoms with Gasteiger partial charge in [0.15, 0.2) is 0 Å². The van der Waals surface area contributed by atoms with E-state index in [1.807, 2.05) is 0 Å². The number of halogens is 1. The number of hydrogen-bond acceptors (Lipinski definition) is 3. The topological polar surface area (TPSA) is 36.4 Å². The highest BCUT2D eigenvalue weighted by atomic mass is 35.5. The predicted octanol–water partition coefficient (Wildman–Crippen LogP) is 1.75. The fourth-order valence-corrected chi connectivity index (χ4v) is 2.70. The van der Waals surface area contributed by atoms with Gasteiger partial charge in [0.2, 0.25) is 0 Å². The number of hydrogen-bond donors (Lipinski definition) is 1. The maximum atomic E-state index is 9.35. The van der Waals surface area contributed by atoms with Crippen LogP contribution < -0.4 is 0 Å². The third-order valence-corrected chi connectivity index (χ3v) is 3.70. The highest BCUT2D eigenvalue weighted by Gasteiger charge is 2.32. The predicted molar refractivity (Wildman–Crippen MR) is 62.3 cm³/mol. The molecular formula is C12H15ClN2O. The summed E-state index contributed by atoms with van der Waals surface area (Å²) in [5, 5.41) is 9.86. The Morgan fingerprint density at radius 1 is 1.50 bits per heavy atom. The van der Waals surface area contributed by atoms with E-state index in [4.69, 9.17) is 11.6 Å². The first-order valence-electron chi connectivity index (χ1n) is 5.80. The van der Waals surface area contributed by atoms with Crippen LogP contribution in [0.4, 0.5) is 0 Å². The maximum Gasteiger partial charge on any atom is 0.129 e. The van der Waals surface area contributed by atoms with Gasteiger partial charge in [-0.25, -0.2) is 4.98 Å². The Kier molecular flexibility index (Phi) is 2.62. The van der Waals surface area contributed by atoms with Crippen LogP contribution in [0.15, 0.2) is 6.07 Å². The highest BCUT2D eigenvalue weighted by Crippen LogP contribution is 2.32. The Morgan fingerprint density at radius 3 is 3.00 bits per heavy atom. The lowest BCUT2D eigenvalue weighted by Crippen LogP contribution is -2.33. The molecule has 3 rings (SSSR count). The van der Waals surface area contributed by atoms with Crippen LogP contribution in [0.5, 0.6) is 0 Å². The largest absolute Gasteiger partial charge is 0.392 e. The van der Waals surface area contributed by atoms with Crippen LogP contribution in [-0.4, -0.2) is 27.6 Å². The minimum absolute atomic E-state index is 0.0586. The smallest absolute Gasteiger partial charge is 0.129 e. The molecule has 4 heteroatoms. The van der Waals surface area contributed by atoms with Crippen LogP contribution in [-0.2, 0) is 19.6 Å². The van der Waals surface area contributed by atoms with Crippen molar-refractivity contribution >= 4 is 11.6 Å². The number of aliphatic hydroxyl groups is 1. The van der Waals surface area contributed by atoms with Crippen LogP contribution in [0.2, 0.25) is 5.15 Å². The minimum atomic E-state index is 0.0586. The normalized spacial score (nSPS) is 20.9. The van der Waals surface area contributed by atoms with Gasteiger partial charge in [0.05, 0.1) is 6.61 Å². The Balaban J connectivity index is 1.94. The molecule has 1 N–H and O–H groups in total. The van der Waals surface area contributed by atoms with Gasteiger partial charge in [0.1, 0.15) is 5.15 Å². The van der Waals surface area contributed by atoms with Crippen molar-refractivity contribution in [3.63, 3.8) is 0 Å². The summed E-state index contributed by atoms with van der Waals surface area (Å²) in [7, 11) is 0. The minimum Gasteiger partial charge on any atom is -0.392 e. The van der Waals surface area contributed by atoms with Gasteiger partial charge in [0.25, 0.3) is 0 Å². The molecule has 1 aliphatic heterocycles. The van der Waals surface area contributed by atoms with E-state index in [1.165, 1.54) is 18.4 Å². The van der Waals surface area contributed by atoms with E-state index >= 15 is 0 Å². The summed E-state index contributed by atoms with van der Waals surface area (Å²) in [6.07, 6.45) is 3.61. The first-order valence-corrected chi connectivity index (χ1v) is 6.18. The molecule has 2 heterocycles. The maximum absolute atomic E-state index is 9.35. The average molecular weight is 239 g/mol. The second-order valence-corrected chi connectivity index (χ2v) is 5.03. The van der Waals surface area contributed by atoms with Gasteiger partial charge in [-0.2, -0.15) is 0 Å². The molecule has 86 valence electrons.